The molecule has 7 nitrogen and oxygen atoms in total. The first kappa shape index (κ1) is 26.0. The molecule has 0 fully saturated rings. The van der Waals surface area contributed by atoms with E-state index in [-0.39, 0.29) is 5.75 Å². The van der Waals surface area contributed by atoms with E-state index in [4.69, 9.17) is 4.74 Å². The average molecular weight is 526 g/mol. The lowest BCUT2D eigenvalue weighted by Crippen LogP contribution is -2.20. The first-order chi connectivity index (χ1) is 17.7. The molecule has 0 atom stereocenters. The fraction of sp³-hybridized carbons (Fsp3) is 0.154. The number of ether oxygens (including phenoxy) is 1. The molecule has 0 saturated carbocycles. The molecule has 0 spiro atoms. The van der Waals surface area contributed by atoms with E-state index in [1.165, 1.54) is 30.1 Å². The van der Waals surface area contributed by atoms with Crippen molar-refractivity contribution < 1.29 is 22.7 Å². The van der Waals surface area contributed by atoms with Crippen molar-refractivity contribution >= 4 is 23.9 Å². The Hall–Kier alpha value is -4.12. The third-order valence-corrected chi connectivity index (χ3v) is 6.18. The molecular weight excluding hydrogens is 503 g/mol. The summed E-state index contributed by atoms with van der Waals surface area (Å²) in [5.41, 5.74) is 4.81. The maximum Gasteiger partial charge on any atom is 0.416 e. The molecule has 37 heavy (non-hydrogen) atoms. The fourth-order valence-electron chi connectivity index (χ4n) is 3.32. The summed E-state index contributed by atoms with van der Waals surface area (Å²) in [6.07, 6.45) is -3.13. The third-order valence-electron chi connectivity index (χ3n) is 5.25. The molecule has 0 saturated heterocycles. The summed E-state index contributed by atoms with van der Waals surface area (Å²) in [6.45, 7) is 1.99. The van der Waals surface area contributed by atoms with Crippen molar-refractivity contribution in [3.63, 3.8) is 0 Å². The SMILES string of the molecule is COc1ccc(-c2nnc(SCC(=O)N/N=C\c3ccc(C(F)(F)F)cc3)n2-c2ccc(C)cc2)cc1. The van der Waals surface area contributed by atoms with Crippen LogP contribution in [0.1, 0.15) is 16.7 Å². The quantitative estimate of drug-likeness (QED) is 0.186. The zero-order chi connectivity index (χ0) is 26.4. The minimum absolute atomic E-state index is 0.00302. The molecule has 0 unspecified atom stereocenters. The lowest BCUT2D eigenvalue weighted by molar-refractivity contribution is -0.137. The molecule has 4 rings (SSSR count). The average Bonchev–Trinajstić information content (AvgIpc) is 3.31. The van der Waals surface area contributed by atoms with E-state index in [9.17, 15) is 18.0 Å². The highest BCUT2D eigenvalue weighted by Crippen LogP contribution is 2.30. The van der Waals surface area contributed by atoms with E-state index in [1.807, 2.05) is 60.0 Å². The Labute approximate surface area is 215 Å². The maximum absolute atomic E-state index is 12.7. The molecule has 0 aliphatic rings. The number of rotatable bonds is 8. The van der Waals surface area contributed by atoms with Crippen LogP contribution in [0.15, 0.2) is 83.1 Å². The third kappa shape index (κ3) is 6.56. The van der Waals surface area contributed by atoms with Gasteiger partial charge >= 0.3 is 6.18 Å². The van der Waals surface area contributed by atoms with Crippen molar-refractivity contribution in [1.29, 1.82) is 0 Å². The summed E-state index contributed by atoms with van der Waals surface area (Å²) in [6, 6.07) is 19.7. The number of thioether (sulfide) groups is 1. The number of aryl methyl sites for hydroxylation is 1. The van der Waals surface area contributed by atoms with Crippen LogP contribution in [0.2, 0.25) is 0 Å². The monoisotopic (exact) mass is 525 g/mol. The van der Waals surface area contributed by atoms with Gasteiger partial charge in [0.1, 0.15) is 5.75 Å². The topological polar surface area (TPSA) is 81.4 Å². The minimum Gasteiger partial charge on any atom is -0.497 e. The van der Waals surface area contributed by atoms with Crippen LogP contribution in [-0.2, 0) is 11.0 Å². The van der Waals surface area contributed by atoms with E-state index >= 15 is 0 Å². The Kier molecular flexibility index (Phi) is 7.92. The second-order valence-corrected chi connectivity index (χ2v) is 8.85. The molecule has 1 heterocycles. The number of nitrogens with one attached hydrogen (secondary N) is 1. The van der Waals surface area contributed by atoms with Gasteiger partial charge in [0.15, 0.2) is 11.0 Å². The molecule has 4 aromatic rings. The Morgan fingerprint density at radius 1 is 1.03 bits per heavy atom. The first-order valence-corrected chi connectivity index (χ1v) is 12.0. The number of hydrogen-bond acceptors (Lipinski definition) is 6. The summed E-state index contributed by atoms with van der Waals surface area (Å²) in [4.78, 5) is 12.4. The summed E-state index contributed by atoms with van der Waals surface area (Å²) in [5.74, 6) is 0.914. The van der Waals surface area contributed by atoms with Gasteiger partial charge in [-0.2, -0.15) is 18.3 Å². The standard InChI is InChI=1S/C26H22F3N5O2S/c1-17-3-11-21(12-4-17)34-24(19-7-13-22(36-2)14-8-19)32-33-25(34)37-16-23(35)31-30-15-18-5-9-20(10-6-18)26(27,28)29/h3-15H,16H2,1-2H3,(H,31,35)/b30-15-. The number of carbonyl (C=O) groups is 1. The number of hydrogen-bond donors (Lipinski definition) is 1. The number of carbonyl (C=O) groups excluding carboxylic acids is 1. The van der Waals surface area contributed by atoms with Crippen molar-refractivity contribution in [3.05, 3.63) is 89.5 Å². The number of alkyl halides is 3. The Balaban J connectivity index is 1.46. The van der Waals surface area contributed by atoms with Crippen LogP contribution in [0.4, 0.5) is 13.2 Å². The van der Waals surface area contributed by atoms with E-state index in [2.05, 4.69) is 20.7 Å². The number of aromatic nitrogens is 3. The number of halogens is 3. The molecule has 11 heteroatoms. The molecular formula is C26H22F3N5O2S. The van der Waals surface area contributed by atoms with E-state index in [1.54, 1.807) is 7.11 Å². The number of hydrazone groups is 1. The highest BCUT2D eigenvalue weighted by atomic mass is 32.2. The highest BCUT2D eigenvalue weighted by molar-refractivity contribution is 7.99. The number of methoxy groups -OCH3 is 1. The molecule has 0 aliphatic heterocycles. The van der Waals surface area contributed by atoms with Gasteiger partial charge in [0.05, 0.1) is 24.6 Å². The molecule has 1 aromatic heterocycles. The van der Waals surface area contributed by atoms with Gasteiger partial charge in [0.25, 0.3) is 5.91 Å². The zero-order valence-electron chi connectivity index (χ0n) is 19.9. The molecule has 0 radical (unpaired) electrons. The Morgan fingerprint density at radius 2 is 1.70 bits per heavy atom. The van der Waals surface area contributed by atoms with Crippen molar-refractivity contribution in [3.8, 4) is 22.8 Å². The van der Waals surface area contributed by atoms with Gasteiger partial charge in [-0.25, -0.2) is 5.43 Å². The first-order valence-electron chi connectivity index (χ1n) is 11.0. The van der Waals surface area contributed by atoms with Crippen LogP contribution < -0.4 is 10.2 Å². The maximum atomic E-state index is 12.7. The van der Waals surface area contributed by atoms with Gasteiger partial charge in [-0.05, 0) is 61.0 Å². The summed E-state index contributed by atoms with van der Waals surface area (Å²) >= 11 is 1.18. The highest BCUT2D eigenvalue weighted by Gasteiger charge is 2.29. The molecule has 190 valence electrons. The second-order valence-electron chi connectivity index (χ2n) is 7.91. The number of benzene rings is 3. The molecule has 3 aromatic carbocycles. The van der Waals surface area contributed by atoms with Gasteiger partial charge in [0.2, 0.25) is 0 Å². The largest absolute Gasteiger partial charge is 0.497 e. The summed E-state index contributed by atoms with van der Waals surface area (Å²) in [7, 11) is 1.59. The fourth-order valence-corrected chi connectivity index (χ4v) is 4.06. The number of amides is 1. The zero-order valence-corrected chi connectivity index (χ0v) is 20.7. The van der Waals surface area contributed by atoms with E-state index < -0.39 is 17.6 Å². The van der Waals surface area contributed by atoms with Crippen molar-refractivity contribution in [2.45, 2.75) is 18.3 Å². The van der Waals surface area contributed by atoms with Gasteiger partial charge in [-0.3, -0.25) is 9.36 Å². The van der Waals surface area contributed by atoms with Crippen LogP contribution in [0.25, 0.3) is 17.1 Å². The van der Waals surface area contributed by atoms with Crippen molar-refractivity contribution in [1.82, 2.24) is 20.2 Å². The van der Waals surface area contributed by atoms with Crippen LogP contribution in [0, 0.1) is 6.92 Å². The van der Waals surface area contributed by atoms with Crippen LogP contribution in [0.5, 0.6) is 5.75 Å². The minimum atomic E-state index is -4.41. The van der Waals surface area contributed by atoms with Crippen LogP contribution in [0.3, 0.4) is 0 Å². The van der Waals surface area contributed by atoms with Gasteiger partial charge < -0.3 is 4.74 Å². The molecule has 1 amide bonds. The lowest BCUT2D eigenvalue weighted by atomic mass is 10.1. The van der Waals surface area contributed by atoms with E-state index in [0.717, 1.165) is 28.9 Å². The second kappa shape index (κ2) is 11.3. The van der Waals surface area contributed by atoms with Crippen molar-refractivity contribution in [2.75, 3.05) is 12.9 Å². The van der Waals surface area contributed by atoms with Gasteiger partial charge in [-0.1, -0.05) is 41.6 Å². The molecule has 1 N–H and O–H groups in total. The number of nitrogens with zero attached hydrogens (tertiary/aromatic N) is 4. The predicted molar refractivity (Wildman–Crippen MR) is 136 cm³/mol. The predicted octanol–water partition coefficient (Wildman–Crippen LogP) is 5.51. The van der Waals surface area contributed by atoms with E-state index in [0.29, 0.717) is 22.3 Å². The van der Waals surface area contributed by atoms with Gasteiger partial charge in [-0.15, -0.1) is 10.2 Å². The Bertz CT molecular complexity index is 1380. The van der Waals surface area contributed by atoms with Gasteiger partial charge in [0, 0.05) is 11.3 Å². The normalized spacial score (nSPS) is 11.6. The smallest absolute Gasteiger partial charge is 0.416 e. The molecule has 0 bridgehead atoms. The van der Waals surface area contributed by atoms with Crippen molar-refractivity contribution in [2.24, 2.45) is 5.10 Å². The molecule has 0 aliphatic carbocycles. The summed E-state index contributed by atoms with van der Waals surface area (Å²) < 4.78 is 45.1. The lowest BCUT2D eigenvalue weighted by Gasteiger charge is -2.11. The van der Waals surface area contributed by atoms with Crippen LogP contribution in [-0.4, -0.2) is 39.7 Å². The summed E-state index contributed by atoms with van der Waals surface area (Å²) in [5, 5.41) is 13.0. The Morgan fingerprint density at radius 3 is 2.32 bits per heavy atom. The van der Waals surface area contributed by atoms with Crippen LogP contribution >= 0.6 is 11.8 Å².